The Bertz CT molecular complexity index is 658. The van der Waals surface area contributed by atoms with Crippen LogP contribution in [0.1, 0.15) is 26.3 Å². The van der Waals surface area contributed by atoms with Gasteiger partial charge in [-0.1, -0.05) is 29.8 Å². The number of hydrazone groups is 1. The molecule has 0 spiro atoms. The van der Waals surface area contributed by atoms with Gasteiger partial charge in [0.15, 0.2) is 11.5 Å². The topological polar surface area (TPSA) is 42.8 Å². The van der Waals surface area contributed by atoms with Gasteiger partial charge in [0.25, 0.3) is 0 Å². The Balaban J connectivity index is 2.19. The number of nitrogens with zero attached hydrogens (tertiary/aromatic N) is 1. The van der Waals surface area contributed by atoms with Crippen LogP contribution in [0.3, 0.4) is 0 Å². The van der Waals surface area contributed by atoms with Crippen molar-refractivity contribution < 1.29 is 9.47 Å². The molecule has 1 N–H and O–H groups in total. The number of hydrogen-bond donors (Lipinski definition) is 1. The minimum absolute atomic E-state index is 0.0194. The van der Waals surface area contributed by atoms with Gasteiger partial charge in [0.05, 0.1) is 29.6 Å². The van der Waals surface area contributed by atoms with Crippen LogP contribution in [0, 0.1) is 0 Å². The second-order valence-corrected chi connectivity index (χ2v) is 5.57. The van der Waals surface area contributed by atoms with E-state index in [0.717, 1.165) is 11.3 Å². The zero-order valence-corrected chi connectivity index (χ0v) is 14.3. The number of hydrogen-bond acceptors (Lipinski definition) is 4. The summed E-state index contributed by atoms with van der Waals surface area (Å²) in [5.74, 6) is 1.19. The monoisotopic (exact) mass is 332 g/mol. The molecule has 0 unspecified atom stereocenters. The Kier molecular flexibility index (Phi) is 6.29. The molecule has 4 nitrogen and oxygen atoms in total. The number of ether oxygens (including phenoxy) is 2. The number of benzene rings is 2. The van der Waals surface area contributed by atoms with Gasteiger partial charge in [-0.15, -0.1) is 0 Å². The molecule has 0 radical (unpaired) electrons. The number of para-hydroxylation sites is 1. The summed E-state index contributed by atoms with van der Waals surface area (Å²) in [7, 11) is 0. The van der Waals surface area contributed by atoms with Crippen molar-refractivity contribution in [3.05, 3.63) is 53.1 Å². The van der Waals surface area contributed by atoms with E-state index in [2.05, 4.69) is 10.5 Å². The quantitative estimate of drug-likeness (QED) is 0.575. The molecule has 2 aromatic carbocycles. The van der Waals surface area contributed by atoms with Gasteiger partial charge in [0.2, 0.25) is 0 Å². The zero-order valence-electron chi connectivity index (χ0n) is 13.5. The Morgan fingerprint density at radius 1 is 1.22 bits per heavy atom. The summed E-state index contributed by atoms with van der Waals surface area (Å²) >= 11 is 6.32. The SMILES string of the molecule is CCOc1cc(C=NNc2ccccc2)cc(Cl)c1OC(C)C. The third-order valence-electron chi connectivity index (χ3n) is 2.87. The molecule has 0 saturated carbocycles. The minimum atomic E-state index is 0.0194. The molecule has 0 heterocycles. The second-order valence-electron chi connectivity index (χ2n) is 5.17. The van der Waals surface area contributed by atoms with Crippen molar-refractivity contribution in [2.45, 2.75) is 26.9 Å². The first kappa shape index (κ1) is 17.2. The molecule has 5 heteroatoms. The fourth-order valence-corrected chi connectivity index (χ4v) is 2.23. The van der Waals surface area contributed by atoms with Crippen molar-refractivity contribution in [3.8, 4) is 11.5 Å². The van der Waals surface area contributed by atoms with Gasteiger partial charge in [-0.25, -0.2) is 0 Å². The largest absolute Gasteiger partial charge is 0.490 e. The van der Waals surface area contributed by atoms with Crippen molar-refractivity contribution in [2.24, 2.45) is 5.10 Å². The van der Waals surface area contributed by atoms with E-state index in [-0.39, 0.29) is 6.10 Å². The van der Waals surface area contributed by atoms with Crippen LogP contribution >= 0.6 is 11.6 Å². The van der Waals surface area contributed by atoms with Crippen LogP contribution in [-0.2, 0) is 0 Å². The molecular formula is C18H21ClN2O2. The lowest BCUT2D eigenvalue weighted by Crippen LogP contribution is -2.08. The molecule has 0 aromatic heterocycles. The van der Waals surface area contributed by atoms with E-state index in [1.807, 2.05) is 57.2 Å². The van der Waals surface area contributed by atoms with Crippen LogP contribution in [0.4, 0.5) is 5.69 Å². The Labute approximate surface area is 142 Å². The van der Waals surface area contributed by atoms with E-state index < -0.39 is 0 Å². The minimum Gasteiger partial charge on any atom is -0.490 e. The molecule has 0 saturated heterocycles. The van der Waals surface area contributed by atoms with Crippen molar-refractivity contribution in [3.63, 3.8) is 0 Å². The molecule has 2 rings (SSSR count). The maximum absolute atomic E-state index is 6.32. The van der Waals surface area contributed by atoms with E-state index in [1.165, 1.54) is 0 Å². The summed E-state index contributed by atoms with van der Waals surface area (Å²) in [6, 6.07) is 13.4. The summed E-state index contributed by atoms with van der Waals surface area (Å²) in [6.45, 7) is 6.36. The first-order chi connectivity index (χ1) is 11.1. The highest BCUT2D eigenvalue weighted by atomic mass is 35.5. The van der Waals surface area contributed by atoms with Crippen molar-refractivity contribution >= 4 is 23.5 Å². The highest BCUT2D eigenvalue weighted by Gasteiger charge is 2.13. The predicted octanol–water partition coefficient (Wildman–Crippen LogP) is 4.97. The maximum atomic E-state index is 6.32. The standard InChI is InChI=1S/C18H21ClN2O2/c1-4-22-17-11-14(10-16(19)18(17)23-13(2)3)12-20-21-15-8-6-5-7-9-15/h5-13,21H,4H2,1-3H3. The van der Waals surface area contributed by atoms with Crippen LogP contribution in [0.25, 0.3) is 0 Å². The summed E-state index contributed by atoms with van der Waals surface area (Å²) < 4.78 is 11.4. The molecule has 0 aliphatic carbocycles. The number of halogens is 1. The molecule has 0 aliphatic heterocycles. The van der Waals surface area contributed by atoms with Crippen molar-refractivity contribution in [1.82, 2.24) is 0 Å². The third kappa shape index (κ3) is 5.18. The summed E-state index contributed by atoms with van der Waals surface area (Å²) in [4.78, 5) is 0. The van der Waals surface area contributed by atoms with Gasteiger partial charge in [0, 0.05) is 0 Å². The molecule has 2 aromatic rings. The first-order valence-corrected chi connectivity index (χ1v) is 7.95. The van der Waals surface area contributed by atoms with Crippen LogP contribution in [0.2, 0.25) is 5.02 Å². The highest BCUT2D eigenvalue weighted by molar-refractivity contribution is 6.32. The normalized spacial score (nSPS) is 11.0. The number of anilines is 1. The van der Waals surface area contributed by atoms with Crippen molar-refractivity contribution in [1.29, 1.82) is 0 Å². The van der Waals surface area contributed by atoms with Gasteiger partial charge >= 0.3 is 0 Å². The van der Waals surface area contributed by atoms with Gasteiger partial charge in [0.1, 0.15) is 0 Å². The van der Waals surface area contributed by atoms with E-state index >= 15 is 0 Å². The van der Waals surface area contributed by atoms with Crippen molar-refractivity contribution in [2.75, 3.05) is 12.0 Å². The third-order valence-corrected chi connectivity index (χ3v) is 3.15. The van der Waals surface area contributed by atoms with E-state index in [1.54, 1.807) is 12.3 Å². The van der Waals surface area contributed by atoms with E-state index in [0.29, 0.717) is 23.1 Å². The Morgan fingerprint density at radius 2 is 1.96 bits per heavy atom. The lowest BCUT2D eigenvalue weighted by molar-refractivity contribution is 0.224. The van der Waals surface area contributed by atoms with Crippen LogP contribution in [0.15, 0.2) is 47.6 Å². The number of rotatable bonds is 7. The van der Waals surface area contributed by atoms with Crippen LogP contribution in [-0.4, -0.2) is 18.9 Å². The van der Waals surface area contributed by atoms with Gasteiger partial charge in [-0.3, -0.25) is 5.43 Å². The fraction of sp³-hybridized carbons (Fsp3) is 0.278. The van der Waals surface area contributed by atoms with Gasteiger partial charge in [-0.05, 0) is 50.6 Å². The lowest BCUT2D eigenvalue weighted by atomic mass is 10.2. The molecule has 0 amide bonds. The van der Waals surface area contributed by atoms with Gasteiger partial charge < -0.3 is 9.47 Å². The number of nitrogens with one attached hydrogen (secondary N) is 1. The highest BCUT2D eigenvalue weighted by Crippen LogP contribution is 2.37. The maximum Gasteiger partial charge on any atom is 0.180 e. The van der Waals surface area contributed by atoms with E-state index in [9.17, 15) is 0 Å². The van der Waals surface area contributed by atoms with Crippen LogP contribution in [0.5, 0.6) is 11.5 Å². The summed E-state index contributed by atoms with van der Waals surface area (Å²) in [6.07, 6.45) is 1.71. The first-order valence-electron chi connectivity index (χ1n) is 7.57. The van der Waals surface area contributed by atoms with Crippen LogP contribution < -0.4 is 14.9 Å². The average molecular weight is 333 g/mol. The molecule has 122 valence electrons. The second kappa shape index (κ2) is 8.44. The lowest BCUT2D eigenvalue weighted by Gasteiger charge is -2.16. The molecule has 0 atom stereocenters. The molecule has 0 bridgehead atoms. The summed E-state index contributed by atoms with van der Waals surface area (Å²) in [5, 5.41) is 4.72. The molecule has 0 fully saturated rings. The summed E-state index contributed by atoms with van der Waals surface area (Å²) in [5.41, 5.74) is 4.71. The molecule has 23 heavy (non-hydrogen) atoms. The average Bonchev–Trinajstić information content (AvgIpc) is 2.52. The Hall–Kier alpha value is -2.20. The molecular weight excluding hydrogens is 312 g/mol. The van der Waals surface area contributed by atoms with E-state index in [4.69, 9.17) is 21.1 Å². The Morgan fingerprint density at radius 3 is 2.61 bits per heavy atom. The predicted molar refractivity (Wildman–Crippen MR) is 96.0 cm³/mol. The fourth-order valence-electron chi connectivity index (χ4n) is 1.97. The molecule has 0 aliphatic rings. The van der Waals surface area contributed by atoms with Gasteiger partial charge in [-0.2, -0.15) is 5.10 Å². The zero-order chi connectivity index (χ0) is 16.7. The smallest absolute Gasteiger partial charge is 0.180 e.